The van der Waals surface area contributed by atoms with E-state index >= 15 is 0 Å². The number of aromatic nitrogens is 1. The van der Waals surface area contributed by atoms with E-state index in [0.29, 0.717) is 0 Å². The van der Waals surface area contributed by atoms with Crippen LogP contribution in [0.5, 0.6) is 0 Å². The van der Waals surface area contributed by atoms with Gasteiger partial charge in [-0.15, -0.1) is 0 Å². The van der Waals surface area contributed by atoms with E-state index in [1.165, 1.54) is 32.4 Å². The lowest BCUT2D eigenvalue weighted by Gasteiger charge is -2.22. The van der Waals surface area contributed by atoms with Gasteiger partial charge in [0.1, 0.15) is 5.82 Å². The van der Waals surface area contributed by atoms with E-state index in [1.807, 2.05) is 12.3 Å². The fourth-order valence-corrected chi connectivity index (χ4v) is 2.02. The molecule has 3 N–H and O–H groups in total. The van der Waals surface area contributed by atoms with Crippen molar-refractivity contribution in [1.82, 2.24) is 10.3 Å². The molecule has 0 amide bonds. The second-order valence-corrected chi connectivity index (χ2v) is 4.01. The van der Waals surface area contributed by atoms with Crippen molar-refractivity contribution in [1.29, 1.82) is 0 Å². The van der Waals surface area contributed by atoms with Crippen molar-refractivity contribution in [2.75, 3.05) is 25.0 Å². The van der Waals surface area contributed by atoms with E-state index in [2.05, 4.69) is 21.7 Å². The van der Waals surface area contributed by atoms with Gasteiger partial charge in [-0.25, -0.2) is 0 Å². The number of hydrogen-bond donors (Lipinski definition) is 3. The standard InChI is InChI=1S/C11H19N3/c1-3-10(9-12-6-1)5-8-14-11-4-2-7-13-11/h2,4,7,10,12-14H,1,3,5-6,8-9H2. The molecule has 1 aromatic heterocycles. The van der Waals surface area contributed by atoms with E-state index in [4.69, 9.17) is 0 Å². The highest BCUT2D eigenvalue weighted by molar-refractivity contribution is 5.33. The summed E-state index contributed by atoms with van der Waals surface area (Å²) in [6.45, 7) is 3.49. The predicted octanol–water partition coefficient (Wildman–Crippen LogP) is 1.82. The zero-order chi connectivity index (χ0) is 9.64. The Morgan fingerprint density at radius 3 is 3.21 bits per heavy atom. The molecule has 1 unspecified atom stereocenters. The molecule has 1 atom stereocenters. The van der Waals surface area contributed by atoms with Crippen LogP contribution < -0.4 is 10.6 Å². The maximum absolute atomic E-state index is 3.44. The van der Waals surface area contributed by atoms with Gasteiger partial charge in [0.2, 0.25) is 0 Å². The Morgan fingerprint density at radius 2 is 2.50 bits per heavy atom. The van der Waals surface area contributed by atoms with Crippen LogP contribution >= 0.6 is 0 Å². The number of nitrogens with one attached hydrogen (secondary N) is 3. The van der Waals surface area contributed by atoms with Gasteiger partial charge in [0.05, 0.1) is 0 Å². The second-order valence-electron chi connectivity index (χ2n) is 4.01. The first kappa shape index (κ1) is 9.59. The van der Waals surface area contributed by atoms with Crippen molar-refractivity contribution in [2.24, 2.45) is 5.92 Å². The predicted molar refractivity (Wildman–Crippen MR) is 59.5 cm³/mol. The summed E-state index contributed by atoms with van der Waals surface area (Å²) in [5.41, 5.74) is 0. The summed E-state index contributed by atoms with van der Waals surface area (Å²) >= 11 is 0. The van der Waals surface area contributed by atoms with Crippen LogP contribution in [0.15, 0.2) is 18.3 Å². The van der Waals surface area contributed by atoms with Crippen molar-refractivity contribution in [2.45, 2.75) is 19.3 Å². The molecule has 0 aromatic carbocycles. The third-order valence-corrected chi connectivity index (χ3v) is 2.86. The van der Waals surface area contributed by atoms with Crippen LogP contribution in [0.1, 0.15) is 19.3 Å². The molecule has 3 heteroatoms. The molecule has 0 saturated carbocycles. The third kappa shape index (κ3) is 2.77. The highest BCUT2D eigenvalue weighted by Gasteiger charge is 2.11. The summed E-state index contributed by atoms with van der Waals surface area (Å²) in [7, 11) is 0. The SMILES string of the molecule is c1c[nH]c(NCCC2CCCNC2)c1. The molecule has 0 radical (unpaired) electrons. The lowest BCUT2D eigenvalue weighted by molar-refractivity contribution is 0.364. The van der Waals surface area contributed by atoms with Crippen LogP contribution in [0, 0.1) is 5.92 Å². The lowest BCUT2D eigenvalue weighted by Crippen LogP contribution is -2.30. The van der Waals surface area contributed by atoms with E-state index in [-0.39, 0.29) is 0 Å². The van der Waals surface area contributed by atoms with Crippen LogP contribution in [0.3, 0.4) is 0 Å². The first-order valence-electron chi connectivity index (χ1n) is 5.53. The van der Waals surface area contributed by atoms with Crippen LogP contribution in [-0.4, -0.2) is 24.6 Å². The zero-order valence-corrected chi connectivity index (χ0v) is 8.55. The van der Waals surface area contributed by atoms with E-state index < -0.39 is 0 Å². The Balaban J connectivity index is 1.62. The average molecular weight is 193 g/mol. The van der Waals surface area contributed by atoms with E-state index in [1.54, 1.807) is 0 Å². The van der Waals surface area contributed by atoms with Crippen molar-refractivity contribution in [3.8, 4) is 0 Å². The lowest BCUT2D eigenvalue weighted by atomic mass is 9.96. The minimum Gasteiger partial charge on any atom is -0.372 e. The number of hydrogen-bond acceptors (Lipinski definition) is 2. The highest BCUT2D eigenvalue weighted by Crippen LogP contribution is 2.13. The van der Waals surface area contributed by atoms with Crippen LogP contribution in [-0.2, 0) is 0 Å². The Labute approximate surface area is 85.3 Å². The molecule has 1 aliphatic heterocycles. The number of anilines is 1. The van der Waals surface area contributed by atoms with Crippen LogP contribution in [0.25, 0.3) is 0 Å². The van der Waals surface area contributed by atoms with Gasteiger partial charge >= 0.3 is 0 Å². The minimum atomic E-state index is 0.867. The van der Waals surface area contributed by atoms with Crippen molar-refractivity contribution < 1.29 is 0 Å². The number of piperidine rings is 1. The van der Waals surface area contributed by atoms with Crippen LogP contribution in [0.4, 0.5) is 5.82 Å². The molecule has 1 saturated heterocycles. The van der Waals surface area contributed by atoms with Gasteiger partial charge in [-0.1, -0.05) is 0 Å². The molecule has 0 spiro atoms. The minimum absolute atomic E-state index is 0.867. The highest BCUT2D eigenvalue weighted by atomic mass is 15.0. The third-order valence-electron chi connectivity index (χ3n) is 2.86. The second kappa shape index (κ2) is 5.05. The smallest absolute Gasteiger partial charge is 0.103 e. The summed E-state index contributed by atoms with van der Waals surface area (Å²) in [5.74, 6) is 2.00. The van der Waals surface area contributed by atoms with Gasteiger partial charge in [-0.05, 0) is 50.4 Å². The Kier molecular flexibility index (Phi) is 3.46. The van der Waals surface area contributed by atoms with Crippen LogP contribution in [0.2, 0.25) is 0 Å². The molecule has 78 valence electrons. The summed E-state index contributed by atoms with van der Waals surface area (Å²) in [5, 5.41) is 6.83. The van der Waals surface area contributed by atoms with Gasteiger partial charge in [0.15, 0.2) is 0 Å². The Bertz CT molecular complexity index is 237. The molecule has 3 nitrogen and oxygen atoms in total. The normalized spacial score (nSPS) is 22.1. The maximum Gasteiger partial charge on any atom is 0.103 e. The largest absolute Gasteiger partial charge is 0.372 e. The fraction of sp³-hybridized carbons (Fsp3) is 0.636. The van der Waals surface area contributed by atoms with Gasteiger partial charge in [0, 0.05) is 12.7 Å². The summed E-state index contributed by atoms with van der Waals surface area (Å²) < 4.78 is 0. The van der Waals surface area contributed by atoms with Gasteiger partial charge < -0.3 is 15.6 Å². The zero-order valence-electron chi connectivity index (χ0n) is 8.55. The quantitative estimate of drug-likeness (QED) is 0.682. The molecule has 2 heterocycles. The Hall–Kier alpha value is -0.960. The monoisotopic (exact) mass is 193 g/mol. The molecule has 14 heavy (non-hydrogen) atoms. The molecule has 0 aliphatic carbocycles. The number of H-pyrrole nitrogens is 1. The Morgan fingerprint density at radius 1 is 1.50 bits per heavy atom. The summed E-state index contributed by atoms with van der Waals surface area (Å²) in [6.07, 6.45) is 5.95. The van der Waals surface area contributed by atoms with Crippen molar-refractivity contribution >= 4 is 5.82 Å². The first-order chi connectivity index (χ1) is 6.95. The molecule has 1 aliphatic rings. The molecule has 0 bridgehead atoms. The maximum atomic E-state index is 3.44. The van der Waals surface area contributed by atoms with Gasteiger partial charge in [0.25, 0.3) is 0 Å². The first-order valence-corrected chi connectivity index (χ1v) is 5.53. The summed E-state index contributed by atoms with van der Waals surface area (Å²) in [6, 6.07) is 4.09. The number of rotatable bonds is 4. The molecular formula is C11H19N3. The molecule has 1 aromatic rings. The average Bonchev–Trinajstić information content (AvgIpc) is 2.72. The summed E-state index contributed by atoms with van der Waals surface area (Å²) in [4.78, 5) is 3.15. The van der Waals surface area contributed by atoms with Gasteiger partial charge in [-0.2, -0.15) is 0 Å². The van der Waals surface area contributed by atoms with E-state index in [9.17, 15) is 0 Å². The van der Waals surface area contributed by atoms with Crippen molar-refractivity contribution in [3.63, 3.8) is 0 Å². The van der Waals surface area contributed by atoms with Gasteiger partial charge in [-0.3, -0.25) is 0 Å². The van der Waals surface area contributed by atoms with E-state index in [0.717, 1.165) is 18.3 Å². The fourth-order valence-electron chi connectivity index (χ4n) is 2.02. The number of aromatic amines is 1. The van der Waals surface area contributed by atoms with Crippen molar-refractivity contribution in [3.05, 3.63) is 18.3 Å². The topological polar surface area (TPSA) is 39.9 Å². The molecular weight excluding hydrogens is 174 g/mol. The molecule has 2 rings (SSSR count). The molecule has 1 fully saturated rings.